The molecule has 2 N–H and O–H groups in total. The molecule has 0 spiro atoms. The first kappa shape index (κ1) is 23.8. The standard InChI is InChI=1S/C15H10F6N4O5S/c1-30-11(26)7-4-2-3-5-9(7)31(28,29)25-13(27)24-12-22-6-8(14(16,17)18)10(23-12)15(19,20)21/h2-6H,1H3,(H2,22,23,24,25,27). The lowest BCUT2D eigenvalue weighted by Gasteiger charge is -2.15. The summed E-state index contributed by atoms with van der Waals surface area (Å²) in [4.78, 5) is 28.4. The summed E-state index contributed by atoms with van der Waals surface area (Å²) in [6.07, 6.45) is -11.2. The zero-order chi connectivity index (χ0) is 23.6. The van der Waals surface area contributed by atoms with Crippen molar-refractivity contribution in [1.82, 2.24) is 14.7 Å². The van der Waals surface area contributed by atoms with E-state index in [0.717, 1.165) is 19.2 Å². The molecule has 1 aromatic heterocycles. The largest absolute Gasteiger partial charge is 0.465 e. The van der Waals surface area contributed by atoms with Gasteiger partial charge in [0.2, 0.25) is 5.95 Å². The first-order valence-corrected chi connectivity index (χ1v) is 9.17. The highest BCUT2D eigenvalue weighted by Crippen LogP contribution is 2.39. The minimum Gasteiger partial charge on any atom is -0.465 e. The predicted octanol–water partition coefficient (Wildman–Crippen LogP) is 2.81. The van der Waals surface area contributed by atoms with Gasteiger partial charge in [0, 0.05) is 6.20 Å². The van der Waals surface area contributed by atoms with Crippen LogP contribution in [-0.2, 0) is 27.1 Å². The maximum absolute atomic E-state index is 12.9. The lowest BCUT2D eigenvalue weighted by Crippen LogP contribution is -2.36. The van der Waals surface area contributed by atoms with Crippen LogP contribution in [0, 0.1) is 0 Å². The Labute approximate surface area is 169 Å². The molecular formula is C15H10F6N4O5S. The molecule has 0 radical (unpaired) electrons. The summed E-state index contributed by atoms with van der Waals surface area (Å²) in [5, 5.41) is 1.49. The molecular weight excluding hydrogens is 462 g/mol. The number of carbonyl (C=O) groups is 2. The van der Waals surface area contributed by atoms with Crippen molar-refractivity contribution < 1.29 is 49.1 Å². The molecule has 0 saturated heterocycles. The Morgan fingerprint density at radius 3 is 2.19 bits per heavy atom. The van der Waals surface area contributed by atoms with Gasteiger partial charge in [-0.2, -0.15) is 26.3 Å². The molecule has 2 amide bonds. The van der Waals surface area contributed by atoms with Crippen molar-refractivity contribution in [2.45, 2.75) is 17.2 Å². The summed E-state index contributed by atoms with van der Waals surface area (Å²) in [5.74, 6) is -2.32. The van der Waals surface area contributed by atoms with E-state index in [1.54, 1.807) is 0 Å². The van der Waals surface area contributed by atoms with Gasteiger partial charge in [0.15, 0.2) is 5.69 Å². The number of urea groups is 1. The fourth-order valence-electron chi connectivity index (χ4n) is 2.15. The fourth-order valence-corrected chi connectivity index (χ4v) is 3.25. The highest BCUT2D eigenvalue weighted by molar-refractivity contribution is 7.90. The maximum Gasteiger partial charge on any atom is 0.434 e. The average Bonchev–Trinajstić information content (AvgIpc) is 2.65. The van der Waals surface area contributed by atoms with Crippen LogP contribution in [0.3, 0.4) is 0 Å². The van der Waals surface area contributed by atoms with Gasteiger partial charge >= 0.3 is 24.4 Å². The molecule has 0 atom stereocenters. The number of anilines is 1. The predicted molar refractivity (Wildman–Crippen MR) is 89.2 cm³/mol. The number of amides is 2. The number of sulfonamides is 1. The van der Waals surface area contributed by atoms with E-state index >= 15 is 0 Å². The number of hydrogen-bond donors (Lipinski definition) is 2. The number of rotatable bonds is 4. The topological polar surface area (TPSA) is 127 Å². The Morgan fingerprint density at radius 2 is 1.65 bits per heavy atom. The number of methoxy groups -OCH3 is 1. The third kappa shape index (κ3) is 5.59. The number of carbonyl (C=O) groups excluding carboxylic acids is 2. The maximum atomic E-state index is 12.9. The molecule has 2 aromatic rings. The zero-order valence-electron chi connectivity index (χ0n) is 15.0. The van der Waals surface area contributed by atoms with Crippen molar-refractivity contribution in [3.05, 3.63) is 47.3 Å². The second-order valence-corrected chi connectivity index (χ2v) is 7.15. The molecule has 31 heavy (non-hydrogen) atoms. The Kier molecular flexibility index (Phi) is 6.43. The quantitative estimate of drug-likeness (QED) is 0.518. The molecule has 0 unspecified atom stereocenters. The lowest BCUT2D eigenvalue weighted by molar-refractivity contribution is -0.165. The van der Waals surface area contributed by atoms with Crippen molar-refractivity contribution in [3.8, 4) is 0 Å². The van der Waals surface area contributed by atoms with Crippen LogP contribution in [0.5, 0.6) is 0 Å². The zero-order valence-corrected chi connectivity index (χ0v) is 15.8. The summed E-state index contributed by atoms with van der Waals surface area (Å²) >= 11 is 0. The van der Waals surface area contributed by atoms with E-state index in [2.05, 4.69) is 14.7 Å². The number of aromatic nitrogens is 2. The van der Waals surface area contributed by atoms with E-state index < -0.39 is 62.0 Å². The van der Waals surface area contributed by atoms with Crippen molar-refractivity contribution >= 4 is 28.0 Å². The number of esters is 1. The molecule has 0 aliphatic carbocycles. The number of alkyl halides is 6. The molecule has 0 aliphatic rings. The molecule has 0 aliphatic heterocycles. The van der Waals surface area contributed by atoms with E-state index in [0.29, 0.717) is 0 Å². The number of nitrogens with one attached hydrogen (secondary N) is 2. The van der Waals surface area contributed by atoms with Crippen LogP contribution < -0.4 is 10.0 Å². The van der Waals surface area contributed by atoms with Gasteiger partial charge in [0.05, 0.1) is 12.7 Å². The monoisotopic (exact) mass is 472 g/mol. The number of ether oxygens (including phenoxy) is 1. The van der Waals surface area contributed by atoms with Crippen LogP contribution in [0.15, 0.2) is 35.4 Å². The molecule has 1 aromatic carbocycles. The molecule has 168 valence electrons. The summed E-state index contributed by atoms with van der Waals surface area (Å²) in [5.41, 5.74) is -5.05. The third-order valence-electron chi connectivity index (χ3n) is 3.40. The van der Waals surface area contributed by atoms with Crippen molar-refractivity contribution in [3.63, 3.8) is 0 Å². The van der Waals surface area contributed by atoms with Crippen LogP contribution >= 0.6 is 0 Å². The normalized spacial score (nSPS) is 12.2. The molecule has 9 nitrogen and oxygen atoms in total. The van der Waals surface area contributed by atoms with Crippen LogP contribution in [0.1, 0.15) is 21.6 Å². The Hall–Kier alpha value is -3.43. The van der Waals surface area contributed by atoms with E-state index in [9.17, 15) is 44.3 Å². The Bertz CT molecular complexity index is 1120. The van der Waals surface area contributed by atoms with Gasteiger partial charge in [-0.05, 0) is 12.1 Å². The second kappa shape index (κ2) is 8.37. The van der Waals surface area contributed by atoms with E-state index in [1.165, 1.54) is 22.2 Å². The van der Waals surface area contributed by atoms with Crippen molar-refractivity contribution in [2.75, 3.05) is 12.4 Å². The Morgan fingerprint density at radius 1 is 1.03 bits per heavy atom. The highest BCUT2D eigenvalue weighted by atomic mass is 32.2. The van der Waals surface area contributed by atoms with Crippen LogP contribution in [-0.4, -0.2) is 37.5 Å². The lowest BCUT2D eigenvalue weighted by atomic mass is 10.2. The van der Waals surface area contributed by atoms with Gasteiger partial charge < -0.3 is 4.74 Å². The molecule has 0 bridgehead atoms. The van der Waals surface area contributed by atoms with Crippen LogP contribution in [0.25, 0.3) is 0 Å². The van der Waals surface area contributed by atoms with Crippen molar-refractivity contribution in [2.24, 2.45) is 0 Å². The first-order valence-electron chi connectivity index (χ1n) is 7.69. The van der Waals surface area contributed by atoms with E-state index in [4.69, 9.17) is 0 Å². The molecule has 16 heteroatoms. The van der Waals surface area contributed by atoms with E-state index in [1.807, 2.05) is 0 Å². The van der Waals surface area contributed by atoms with Gasteiger partial charge in [-0.25, -0.2) is 32.7 Å². The first-order chi connectivity index (χ1) is 14.2. The summed E-state index contributed by atoms with van der Waals surface area (Å²) in [6.45, 7) is 0. The van der Waals surface area contributed by atoms with Crippen LogP contribution in [0.4, 0.5) is 37.1 Å². The van der Waals surface area contributed by atoms with Gasteiger partial charge in [0.1, 0.15) is 10.5 Å². The number of halogens is 6. The van der Waals surface area contributed by atoms with E-state index in [-0.39, 0.29) is 6.20 Å². The Balaban J connectivity index is 2.32. The van der Waals surface area contributed by atoms with Gasteiger partial charge in [-0.1, -0.05) is 12.1 Å². The van der Waals surface area contributed by atoms with Crippen molar-refractivity contribution in [1.29, 1.82) is 0 Å². The minimum atomic E-state index is -5.55. The van der Waals surface area contributed by atoms with Crippen LogP contribution in [0.2, 0.25) is 0 Å². The molecule has 1 heterocycles. The minimum absolute atomic E-state index is 0.216. The number of hydrogen-bond acceptors (Lipinski definition) is 7. The summed E-state index contributed by atoms with van der Waals surface area (Å²) in [7, 11) is -3.79. The van der Waals surface area contributed by atoms with Gasteiger partial charge in [-0.15, -0.1) is 0 Å². The van der Waals surface area contributed by atoms with Gasteiger partial charge in [-0.3, -0.25) is 5.32 Å². The van der Waals surface area contributed by atoms with Gasteiger partial charge in [0.25, 0.3) is 10.0 Å². The fraction of sp³-hybridized carbons (Fsp3) is 0.200. The number of nitrogens with zero attached hydrogens (tertiary/aromatic N) is 2. The third-order valence-corrected chi connectivity index (χ3v) is 4.79. The average molecular weight is 472 g/mol. The number of benzene rings is 1. The molecule has 2 rings (SSSR count). The summed E-state index contributed by atoms with van der Waals surface area (Å²) in [6, 6.07) is 2.78. The highest BCUT2D eigenvalue weighted by Gasteiger charge is 2.45. The molecule has 0 fully saturated rings. The molecule has 0 saturated carbocycles. The second-order valence-electron chi connectivity index (χ2n) is 5.50. The smallest absolute Gasteiger partial charge is 0.434 e. The SMILES string of the molecule is COC(=O)c1ccccc1S(=O)(=O)NC(=O)Nc1ncc(C(F)(F)F)c(C(F)(F)F)n1. The summed E-state index contributed by atoms with van der Waals surface area (Å²) < 4.78 is 107.